The van der Waals surface area contributed by atoms with E-state index in [1.165, 1.54) is 7.11 Å². The van der Waals surface area contributed by atoms with E-state index in [1.807, 2.05) is 54.6 Å². The van der Waals surface area contributed by atoms with Gasteiger partial charge >= 0.3 is 5.97 Å². The van der Waals surface area contributed by atoms with E-state index in [-0.39, 0.29) is 5.97 Å². The molecule has 0 aliphatic carbocycles. The molecule has 0 unspecified atom stereocenters. The van der Waals surface area contributed by atoms with Crippen molar-refractivity contribution >= 4 is 40.4 Å². The molecule has 0 fully saturated rings. The Labute approximate surface area is 201 Å². The molecule has 4 rings (SSSR count). The summed E-state index contributed by atoms with van der Waals surface area (Å²) in [5.41, 5.74) is 6.90. The van der Waals surface area contributed by atoms with Crippen LogP contribution < -0.4 is 14.9 Å². The normalized spacial score (nSPS) is 10.9. The molecule has 172 valence electrons. The van der Waals surface area contributed by atoms with Crippen LogP contribution >= 0.6 is 11.6 Å². The number of carbonyl (C=O) groups excluding carboxylic acids is 1. The van der Waals surface area contributed by atoms with Gasteiger partial charge in [-0.1, -0.05) is 23.7 Å². The maximum absolute atomic E-state index is 11.6. The summed E-state index contributed by atoms with van der Waals surface area (Å²) in [5.74, 6) is 0.809. The van der Waals surface area contributed by atoms with Crippen molar-refractivity contribution in [2.24, 2.45) is 5.10 Å². The molecule has 0 saturated carbocycles. The predicted octanol–water partition coefficient (Wildman–Crippen LogP) is 5.71. The average molecular weight is 476 g/mol. The van der Waals surface area contributed by atoms with Crippen LogP contribution in [0.5, 0.6) is 11.5 Å². The number of esters is 1. The second kappa shape index (κ2) is 10.7. The van der Waals surface area contributed by atoms with E-state index in [9.17, 15) is 4.79 Å². The average Bonchev–Trinajstić information content (AvgIpc) is 2.87. The summed E-state index contributed by atoms with van der Waals surface area (Å²) in [6, 6.07) is 20.0. The molecule has 0 saturated heterocycles. The maximum Gasteiger partial charge on any atom is 0.337 e. The first kappa shape index (κ1) is 23.1. The zero-order valence-electron chi connectivity index (χ0n) is 18.6. The van der Waals surface area contributed by atoms with Crippen molar-refractivity contribution in [3.63, 3.8) is 0 Å². The molecule has 0 aliphatic heterocycles. The molecule has 3 aromatic carbocycles. The molecule has 1 N–H and O–H groups in total. The highest BCUT2D eigenvalue weighted by Gasteiger charge is 2.08. The third kappa shape index (κ3) is 5.44. The molecule has 0 bridgehead atoms. The van der Waals surface area contributed by atoms with E-state index in [0.29, 0.717) is 28.7 Å². The molecular formula is C26H22ClN3O4. The van der Waals surface area contributed by atoms with E-state index >= 15 is 0 Å². The number of pyridine rings is 1. The van der Waals surface area contributed by atoms with E-state index < -0.39 is 0 Å². The monoisotopic (exact) mass is 475 g/mol. The molecule has 0 radical (unpaired) electrons. The summed E-state index contributed by atoms with van der Waals surface area (Å²) >= 11 is 6.05. The zero-order valence-corrected chi connectivity index (χ0v) is 19.4. The van der Waals surface area contributed by atoms with Gasteiger partial charge in [0.1, 0.15) is 6.61 Å². The third-order valence-electron chi connectivity index (χ3n) is 5.06. The number of carbonyl (C=O) groups is 1. The van der Waals surface area contributed by atoms with Crippen molar-refractivity contribution in [1.29, 1.82) is 0 Å². The van der Waals surface area contributed by atoms with Gasteiger partial charge in [0.25, 0.3) is 0 Å². The second-order valence-electron chi connectivity index (χ2n) is 7.28. The van der Waals surface area contributed by atoms with Crippen molar-refractivity contribution in [3.05, 3.63) is 94.6 Å². The molecular weight excluding hydrogens is 454 g/mol. The molecule has 1 aromatic heterocycles. The minimum absolute atomic E-state index is 0.325. The SMILES string of the molecule is COC(=O)c1ccc(COc2ccc(/C=N\Nc3ccnc4cc(Cl)ccc34)cc2OC)cc1. The van der Waals surface area contributed by atoms with Crippen LogP contribution in [0.15, 0.2) is 78.0 Å². The van der Waals surface area contributed by atoms with Crippen LogP contribution in [0.2, 0.25) is 5.02 Å². The highest BCUT2D eigenvalue weighted by molar-refractivity contribution is 6.31. The first-order chi connectivity index (χ1) is 16.6. The number of ether oxygens (including phenoxy) is 3. The van der Waals surface area contributed by atoms with Crippen molar-refractivity contribution in [2.75, 3.05) is 19.6 Å². The Kier molecular flexibility index (Phi) is 7.25. The van der Waals surface area contributed by atoms with Gasteiger partial charge in [0.15, 0.2) is 11.5 Å². The lowest BCUT2D eigenvalue weighted by Crippen LogP contribution is -2.02. The Morgan fingerprint density at radius 1 is 1.03 bits per heavy atom. The summed E-state index contributed by atoms with van der Waals surface area (Å²) in [6.07, 6.45) is 3.40. The molecule has 0 amide bonds. The smallest absolute Gasteiger partial charge is 0.337 e. The second-order valence-corrected chi connectivity index (χ2v) is 7.71. The van der Waals surface area contributed by atoms with Crippen molar-refractivity contribution < 1.29 is 19.0 Å². The number of methoxy groups -OCH3 is 2. The van der Waals surface area contributed by atoms with Crippen molar-refractivity contribution in [3.8, 4) is 11.5 Å². The highest BCUT2D eigenvalue weighted by Crippen LogP contribution is 2.29. The number of aromatic nitrogens is 1. The predicted molar refractivity (Wildman–Crippen MR) is 133 cm³/mol. The van der Waals surface area contributed by atoms with Crippen LogP contribution in [0.3, 0.4) is 0 Å². The summed E-state index contributed by atoms with van der Waals surface area (Å²) in [4.78, 5) is 15.9. The molecule has 1 heterocycles. The Morgan fingerprint density at radius 3 is 2.62 bits per heavy atom. The topological polar surface area (TPSA) is 82.0 Å². The molecule has 8 heteroatoms. The van der Waals surface area contributed by atoms with Gasteiger partial charge in [0.05, 0.1) is 37.2 Å². The third-order valence-corrected chi connectivity index (χ3v) is 5.30. The Balaban J connectivity index is 1.42. The van der Waals surface area contributed by atoms with Gasteiger partial charge in [-0.05, 0) is 65.7 Å². The summed E-state index contributed by atoms with van der Waals surface area (Å²) in [7, 11) is 2.94. The highest BCUT2D eigenvalue weighted by atomic mass is 35.5. The van der Waals surface area contributed by atoms with Gasteiger partial charge < -0.3 is 14.2 Å². The number of hydrogen-bond acceptors (Lipinski definition) is 7. The standard InChI is InChI=1S/C26H22ClN3O4/c1-32-25-13-18(15-29-30-22-11-12-28-23-14-20(27)8-9-21(22)23)5-10-24(25)34-16-17-3-6-19(7-4-17)26(31)33-2/h3-15H,16H2,1-2H3,(H,28,30)/b29-15-. The largest absolute Gasteiger partial charge is 0.493 e. The number of anilines is 1. The number of nitrogens with zero attached hydrogens (tertiary/aromatic N) is 2. The number of rotatable bonds is 8. The lowest BCUT2D eigenvalue weighted by molar-refractivity contribution is 0.0600. The quantitative estimate of drug-likeness (QED) is 0.200. The van der Waals surface area contributed by atoms with Gasteiger partial charge in [0.2, 0.25) is 0 Å². The summed E-state index contributed by atoms with van der Waals surface area (Å²) in [6.45, 7) is 0.325. The van der Waals surface area contributed by atoms with E-state index in [1.54, 1.807) is 31.7 Å². The number of benzene rings is 3. The first-order valence-corrected chi connectivity index (χ1v) is 10.8. The zero-order chi connectivity index (χ0) is 23.9. The number of hydrazone groups is 1. The van der Waals surface area contributed by atoms with E-state index in [0.717, 1.165) is 27.7 Å². The molecule has 0 spiro atoms. The molecule has 0 atom stereocenters. The van der Waals surface area contributed by atoms with Crippen LogP contribution in [0.1, 0.15) is 21.5 Å². The van der Waals surface area contributed by atoms with Crippen LogP contribution in [0, 0.1) is 0 Å². The fraction of sp³-hybridized carbons (Fsp3) is 0.115. The number of fused-ring (bicyclic) bond motifs is 1. The summed E-state index contributed by atoms with van der Waals surface area (Å²) < 4.78 is 16.1. The molecule has 4 aromatic rings. The number of nitrogens with one attached hydrogen (secondary N) is 1. The van der Waals surface area contributed by atoms with E-state index in [4.69, 9.17) is 25.8 Å². The number of halogens is 1. The minimum Gasteiger partial charge on any atom is -0.493 e. The van der Waals surface area contributed by atoms with Gasteiger partial charge in [-0.25, -0.2) is 4.79 Å². The fourth-order valence-corrected chi connectivity index (χ4v) is 3.46. The van der Waals surface area contributed by atoms with Crippen molar-refractivity contribution in [2.45, 2.75) is 6.61 Å². The summed E-state index contributed by atoms with van der Waals surface area (Å²) in [5, 5.41) is 5.90. The van der Waals surface area contributed by atoms with Crippen LogP contribution in [0.4, 0.5) is 5.69 Å². The first-order valence-electron chi connectivity index (χ1n) is 10.4. The molecule has 7 nitrogen and oxygen atoms in total. The van der Waals surface area contributed by atoms with E-state index in [2.05, 4.69) is 15.5 Å². The van der Waals surface area contributed by atoms with Crippen LogP contribution in [-0.2, 0) is 11.3 Å². The minimum atomic E-state index is -0.373. The lowest BCUT2D eigenvalue weighted by atomic mass is 10.1. The van der Waals surface area contributed by atoms with Gasteiger partial charge in [-0.15, -0.1) is 0 Å². The van der Waals surface area contributed by atoms with Gasteiger partial charge in [-0.3, -0.25) is 10.4 Å². The van der Waals surface area contributed by atoms with Gasteiger partial charge in [0, 0.05) is 16.6 Å². The van der Waals surface area contributed by atoms with Gasteiger partial charge in [-0.2, -0.15) is 5.10 Å². The Hall–Kier alpha value is -4.10. The Morgan fingerprint density at radius 2 is 1.85 bits per heavy atom. The fourth-order valence-electron chi connectivity index (χ4n) is 3.29. The van der Waals surface area contributed by atoms with Crippen LogP contribution in [-0.4, -0.2) is 31.4 Å². The molecule has 34 heavy (non-hydrogen) atoms. The number of hydrogen-bond donors (Lipinski definition) is 1. The van der Waals surface area contributed by atoms with Crippen LogP contribution in [0.25, 0.3) is 10.9 Å². The lowest BCUT2D eigenvalue weighted by Gasteiger charge is -2.11. The van der Waals surface area contributed by atoms with Crippen molar-refractivity contribution in [1.82, 2.24) is 4.98 Å². The maximum atomic E-state index is 11.6. The molecule has 0 aliphatic rings. The Bertz CT molecular complexity index is 1340.